The Balaban J connectivity index is 1.41. The minimum Gasteiger partial charge on any atom is -0.507 e. The molecule has 5 aromatic carbocycles. The molecule has 0 bridgehead atoms. The van der Waals surface area contributed by atoms with Crippen LogP contribution in [0.5, 0.6) is 11.5 Å². The Kier molecular flexibility index (Phi) is 7.74. The van der Waals surface area contributed by atoms with Gasteiger partial charge in [-0.25, -0.2) is 15.0 Å². The van der Waals surface area contributed by atoms with E-state index in [1.54, 1.807) is 19.1 Å². The molecule has 0 amide bonds. The highest BCUT2D eigenvalue weighted by Crippen LogP contribution is 2.34. The molecule has 1 unspecified atom stereocenters. The van der Waals surface area contributed by atoms with Gasteiger partial charge in [-0.05, 0) is 48.2 Å². The zero-order chi connectivity index (χ0) is 29.8. The number of ether oxygens (including phenoxy) is 1. The monoisotopic (exact) mass is 563 g/mol. The number of aromatic nitrogens is 3. The van der Waals surface area contributed by atoms with Gasteiger partial charge in [0.1, 0.15) is 11.5 Å². The first-order valence-electron chi connectivity index (χ1n) is 14.0. The third-order valence-electron chi connectivity index (χ3n) is 7.23. The molecule has 6 heteroatoms. The largest absolute Gasteiger partial charge is 0.507 e. The number of rotatable bonds is 8. The van der Waals surface area contributed by atoms with Gasteiger partial charge in [-0.1, -0.05) is 109 Å². The second-order valence-electron chi connectivity index (χ2n) is 10.2. The van der Waals surface area contributed by atoms with Gasteiger partial charge in [0, 0.05) is 17.2 Å². The molecule has 6 nitrogen and oxygen atoms in total. The van der Waals surface area contributed by atoms with Crippen LogP contribution in [0.2, 0.25) is 0 Å². The number of phenols is 1. The SMILES string of the molecule is CC(=O)C(C)Oc1ccc(-c2nc(-c3ccc(-c4ccccc4)cc3)nc(-c3ccc(-c4ccccc4)cc3)n2)c(O)c1. The number of Topliss-reactive ketones (excluding diaryl/α,β-unsaturated/α-hetero) is 1. The molecular formula is C37H29N3O3. The number of ketones is 1. The van der Waals surface area contributed by atoms with Crippen molar-refractivity contribution in [3.05, 3.63) is 127 Å². The molecule has 0 saturated carbocycles. The Bertz CT molecular complexity index is 1770. The fraction of sp³-hybridized carbons (Fsp3) is 0.0811. The topological polar surface area (TPSA) is 85.2 Å². The standard InChI is InChI=1S/C37H29N3O3/c1-24(41)25(2)43-32-21-22-33(34(42)23-32)37-39-35(30-17-13-28(14-18-30)26-9-5-3-6-10-26)38-36(40-37)31-19-15-29(16-20-31)27-11-7-4-8-12-27/h3-23,25,42H,1-2H3. The third kappa shape index (κ3) is 6.19. The average molecular weight is 564 g/mol. The van der Waals surface area contributed by atoms with E-state index < -0.39 is 6.10 Å². The van der Waals surface area contributed by atoms with E-state index in [4.69, 9.17) is 19.7 Å². The number of hydrogen-bond donors (Lipinski definition) is 1. The molecule has 0 aliphatic heterocycles. The van der Waals surface area contributed by atoms with Gasteiger partial charge in [0.15, 0.2) is 29.4 Å². The van der Waals surface area contributed by atoms with Gasteiger partial charge < -0.3 is 9.84 Å². The van der Waals surface area contributed by atoms with Gasteiger partial charge in [0.25, 0.3) is 0 Å². The smallest absolute Gasteiger partial charge is 0.169 e. The number of carbonyl (C=O) groups is 1. The Morgan fingerprint density at radius 2 is 1.00 bits per heavy atom. The molecule has 0 aliphatic carbocycles. The van der Waals surface area contributed by atoms with Crippen LogP contribution in [0.15, 0.2) is 127 Å². The number of nitrogens with zero attached hydrogens (tertiary/aromatic N) is 3. The van der Waals surface area contributed by atoms with Gasteiger partial charge in [0.05, 0.1) is 5.56 Å². The van der Waals surface area contributed by atoms with Crippen molar-refractivity contribution in [2.75, 3.05) is 0 Å². The second-order valence-corrected chi connectivity index (χ2v) is 10.2. The van der Waals surface area contributed by atoms with E-state index in [2.05, 4.69) is 24.3 Å². The summed E-state index contributed by atoms with van der Waals surface area (Å²) >= 11 is 0. The fourth-order valence-corrected chi connectivity index (χ4v) is 4.70. The zero-order valence-electron chi connectivity index (χ0n) is 23.8. The van der Waals surface area contributed by atoms with Crippen molar-refractivity contribution in [3.63, 3.8) is 0 Å². The molecule has 6 aromatic rings. The summed E-state index contributed by atoms with van der Waals surface area (Å²) < 4.78 is 5.67. The molecule has 1 atom stereocenters. The quantitative estimate of drug-likeness (QED) is 0.201. The summed E-state index contributed by atoms with van der Waals surface area (Å²) in [6, 6.07) is 41.3. The molecule has 1 aromatic heterocycles. The molecule has 0 fully saturated rings. The number of phenolic OH excluding ortho intramolecular Hbond substituents is 1. The van der Waals surface area contributed by atoms with Crippen LogP contribution in [0, 0.1) is 0 Å². The normalized spacial score (nSPS) is 11.6. The van der Waals surface area contributed by atoms with E-state index in [0.717, 1.165) is 33.4 Å². The van der Waals surface area contributed by atoms with Crippen molar-refractivity contribution >= 4 is 5.78 Å². The zero-order valence-corrected chi connectivity index (χ0v) is 23.8. The molecule has 210 valence electrons. The van der Waals surface area contributed by atoms with Crippen LogP contribution in [-0.4, -0.2) is 31.9 Å². The van der Waals surface area contributed by atoms with Crippen molar-refractivity contribution in [1.29, 1.82) is 0 Å². The van der Waals surface area contributed by atoms with Crippen LogP contribution in [0.4, 0.5) is 0 Å². The van der Waals surface area contributed by atoms with Crippen LogP contribution < -0.4 is 4.74 Å². The van der Waals surface area contributed by atoms with Crippen LogP contribution in [0.25, 0.3) is 56.4 Å². The summed E-state index contributed by atoms with van der Waals surface area (Å²) in [4.78, 5) is 26.0. The Labute approximate surface area is 250 Å². The summed E-state index contributed by atoms with van der Waals surface area (Å²) in [7, 11) is 0. The van der Waals surface area contributed by atoms with E-state index in [1.165, 1.54) is 13.0 Å². The maximum atomic E-state index is 11.7. The predicted octanol–water partition coefficient (Wildman–Crippen LogP) is 8.27. The molecule has 0 aliphatic rings. The Hall–Kier alpha value is -5.62. The number of carbonyl (C=O) groups excluding carboxylic acids is 1. The minimum absolute atomic E-state index is 0.0600. The molecule has 43 heavy (non-hydrogen) atoms. The molecular weight excluding hydrogens is 534 g/mol. The number of benzene rings is 5. The molecule has 1 N–H and O–H groups in total. The lowest BCUT2D eigenvalue weighted by atomic mass is 10.0. The van der Waals surface area contributed by atoms with Gasteiger partial charge in [0.2, 0.25) is 0 Å². The van der Waals surface area contributed by atoms with Gasteiger partial charge in [-0.2, -0.15) is 0 Å². The number of aromatic hydroxyl groups is 1. The highest BCUT2D eigenvalue weighted by Gasteiger charge is 2.17. The lowest BCUT2D eigenvalue weighted by Gasteiger charge is -2.13. The number of hydrogen-bond acceptors (Lipinski definition) is 6. The lowest BCUT2D eigenvalue weighted by molar-refractivity contribution is -0.122. The molecule has 0 radical (unpaired) electrons. The van der Waals surface area contributed by atoms with Crippen molar-refractivity contribution < 1.29 is 14.6 Å². The summed E-state index contributed by atoms with van der Waals surface area (Å²) in [6.07, 6.45) is -0.627. The van der Waals surface area contributed by atoms with Gasteiger partial charge in [-0.3, -0.25) is 4.79 Å². The minimum atomic E-state index is -0.627. The maximum Gasteiger partial charge on any atom is 0.169 e. The maximum absolute atomic E-state index is 11.7. The van der Waals surface area contributed by atoms with Crippen molar-refractivity contribution in [1.82, 2.24) is 15.0 Å². The lowest BCUT2D eigenvalue weighted by Crippen LogP contribution is -2.20. The highest BCUT2D eigenvalue weighted by molar-refractivity contribution is 5.80. The summed E-state index contributed by atoms with van der Waals surface area (Å²) in [6.45, 7) is 3.13. The Morgan fingerprint density at radius 3 is 1.44 bits per heavy atom. The van der Waals surface area contributed by atoms with Crippen LogP contribution in [0.1, 0.15) is 13.8 Å². The third-order valence-corrected chi connectivity index (χ3v) is 7.23. The van der Waals surface area contributed by atoms with Crippen molar-refractivity contribution in [3.8, 4) is 67.9 Å². The molecule has 6 rings (SSSR count). The van der Waals surface area contributed by atoms with E-state index in [9.17, 15) is 9.90 Å². The summed E-state index contributed by atoms with van der Waals surface area (Å²) in [5.41, 5.74) is 6.48. The van der Waals surface area contributed by atoms with E-state index in [-0.39, 0.29) is 11.5 Å². The van der Waals surface area contributed by atoms with E-state index >= 15 is 0 Å². The fourth-order valence-electron chi connectivity index (χ4n) is 4.70. The molecule has 0 saturated heterocycles. The van der Waals surface area contributed by atoms with Gasteiger partial charge in [-0.15, -0.1) is 0 Å². The average Bonchev–Trinajstić information content (AvgIpc) is 3.05. The van der Waals surface area contributed by atoms with E-state index in [0.29, 0.717) is 28.8 Å². The highest BCUT2D eigenvalue weighted by atomic mass is 16.5. The Morgan fingerprint density at radius 1 is 0.581 bits per heavy atom. The second kappa shape index (κ2) is 12.1. The van der Waals surface area contributed by atoms with Crippen molar-refractivity contribution in [2.45, 2.75) is 20.0 Å². The van der Waals surface area contributed by atoms with Gasteiger partial charge >= 0.3 is 0 Å². The summed E-state index contributed by atoms with van der Waals surface area (Å²) in [5.74, 6) is 1.50. The first-order valence-corrected chi connectivity index (χ1v) is 14.0. The van der Waals surface area contributed by atoms with Crippen LogP contribution >= 0.6 is 0 Å². The van der Waals surface area contributed by atoms with Crippen LogP contribution in [0.3, 0.4) is 0 Å². The predicted molar refractivity (Wildman–Crippen MR) is 169 cm³/mol. The first kappa shape index (κ1) is 27.5. The van der Waals surface area contributed by atoms with E-state index in [1.807, 2.05) is 84.9 Å². The molecule has 0 spiro atoms. The molecule has 1 heterocycles. The summed E-state index contributed by atoms with van der Waals surface area (Å²) in [5, 5.41) is 11.0. The first-order chi connectivity index (χ1) is 20.9. The van der Waals surface area contributed by atoms with Crippen LogP contribution in [-0.2, 0) is 4.79 Å². The van der Waals surface area contributed by atoms with Crippen molar-refractivity contribution in [2.24, 2.45) is 0 Å².